The molecule has 116 valence electrons. The number of rotatable bonds is 2. The summed E-state index contributed by atoms with van der Waals surface area (Å²) in [5, 5.41) is 9.69. The second kappa shape index (κ2) is 5.58. The van der Waals surface area contributed by atoms with Crippen LogP contribution in [-0.2, 0) is 9.31 Å². The van der Waals surface area contributed by atoms with Crippen LogP contribution < -0.4 is 21.4 Å². The molecule has 3 aromatic rings. The first kappa shape index (κ1) is 14.0. The lowest BCUT2D eigenvalue weighted by molar-refractivity contribution is 0.365. The van der Waals surface area contributed by atoms with E-state index in [9.17, 15) is 0 Å². The van der Waals surface area contributed by atoms with E-state index < -0.39 is 0 Å². The van der Waals surface area contributed by atoms with E-state index in [1.165, 1.54) is 10.8 Å². The Kier molecular flexibility index (Phi) is 3.25. The molecule has 2 aliphatic rings. The second-order valence-corrected chi connectivity index (χ2v) is 6.17. The van der Waals surface area contributed by atoms with Crippen LogP contribution in [0.15, 0.2) is 60.7 Å². The summed E-state index contributed by atoms with van der Waals surface area (Å²) in [6.07, 6.45) is 0. The highest BCUT2D eigenvalue weighted by atomic mass is 16.6. The minimum atomic E-state index is -0.246. The Morgan fingerprint density at radius 2 is 1.38 bits per heavy atom. The molecule has 1 fully saturated rings. The van der Waals surface area contributed by atoms with E-state index in [2.05, 4.69) is 71.1 Å². The van der Waals surface area contributed by atoms with E-state index in [1.807, 2.05) is 0 Å². The zero-order chi connectivity index (χ0) is 15.9. The van der Waals surface area contributed by atoms with Gasteiger partial charge in [0.2, 0.25) is 0 Å². The predicted molar refractivity (Wildman–Crippen MR) is 100 cm³/mol. The Morgan fingerprint density at radius 1 is 0.750 bits per heavy atom. The standard InChI is InChI=1S/C18H16B2N2O2/c1-4-13-5-2-9-17-18(13)16(8-1)21-19(22-17)14-6-3-7-15(12-14)20-23-10-11-24-20/h1-9,12,21-22H,10-11H2. The number of anilines is 2. The third-order valence-corrected chi connectivity index (χ3v) is 4.64. The topological polar surface area (TPSA) is 42.5 Å². The maximum atomic E-state index is 5.62. The van der Waals surface area contributed by atoms with E-state index in [0.717, 1.165) is 22.3 Å². The van der Waals surface area contributed by atoms with Crippen LogP contribution in [0.5, 0.6) is 0 Å². The molecule has 4 nitrogen and oxygen atoms in total. The van der Waals surface area contributed by atoms with Gasteiger partial charge in [-0.1, -0.05) is 48.5 Å². The number of hydrogen-bond acceptors (Lipinski definition) is 4. The van der Waals surface area contributed by atoms with E-state index in [1.54, 1.807) is 0 Å². The van der Waals surface area contributed by atoms with Gasteiger partial charge in [0, 0.05) is 16.8 Å². The van der Waals surface area contributed by atoms with Crippen molar-refractivity contribution in [2.24, 2.45) is 0 Å². The Labute approximate surface area is 141 Å². The molecular weight excluding hydrogens is 298 g/mol. The van der Waals surface area contributed by atoms with Gasteiger partial charge in [0.05, 0.1) is 13.2 Å². The second-order valence-electron chi connectivity index (χ2n) is 6.17. The van der Waals surface area contributed by atoms with Crippen molar-refractivity contribution in [2.45, 2.75) is 0 Å². The summed E-state index contributed by atoms with van der Waals surface area (Å²) >= 11 is 0. The lowest BCUT2D eigenvalue weighted by Gasteiger charge is -2.27. The van der Waals surface area contributed by atoms with Crippen molar-refractivity contribution in [3.8, 4) is 0 Å². The van der Waals surface area contributed by atoms with Crippen molar-refractivity contribution in [3.05, 3.63) is 60.7 Å². The lowest BCUT2D eigenvalue weighted by Crippen LogP contribution is -2.49. The van der Waals surface area contributed by atoms with Gasteiger partial charge in [-0.3, -0.25) is 0 Å². The largest absolute Gasteiger partial charge is 0.493 e. The molecule has 0 atom stereocenters. The summed E-state index contributed by atoms with van der Waals surface area (Å²) in [6, 6.07) is 21.1. The van der Waals surface area contributed by atoms with Gasteiger partial charge in [-0.25, -0.2) is 0 Å². The first-order chi connectivity index (χ1) is 11.9. The summed E-state index contributed by atoms with van der Waals surface area (Å²) < 4.78 is 11.2. The fourth-order valence-corrected chi connectivity index (χ4v) is 3.53. The third-order valence-electron chi connectivity index (χ3n) is 4.64. The Hall–Kier alpha value is -2.43. The predicted octanol–water partition coefficient (Wildman–Crippen LogP) is 1.81. The number of hydrogen-bond donors (Lipinski definition) is 2. The first-order valence-electron chi connectivity index (χ1n) is 8.26. The fourth-order valence-electron chi connectivity index (χ4n) is 3.53. The van der Waals surface area contributed by atoms with Gasteiger partial charge >= 0.3 is 14.1 Å². The van der Waals surface area contributed by atoms with Crippen molar-refractivity contribution >= 4 is 47.2 Å². The molecule has 0 unspecified atom stereocenters. The van der Waals surface area contributed by atoms with Crippen LogP contribution in [0.1, 0.15) is 0 Å². The van der Waals surface area contributed by atoms with Crippen LogP contribution in [0.25, 0.3) is 10.8 Å². The molecule has 0 spiro atoms. The average molecular weight is 314 g/mol. The van der Waals surface area contributed by atoms with Crippen LogP contribution in [0.3, 0.4) is 0 Å². The summed E-state index contributed by atoms with van der Waals surface area (Å²) in [4.78, 5) is 0. The quantitative estimate of drug-likeness (QED) is 0.708. The molecule has 0 radical (unpaired) electrons. The third kappa shape index (κ3) is 2.27. The van der Waals surface area contributed by atoms with Crippen LogP contribution in [0.4, 0.5) is 11.4 Å². The Bertz CT molecular complexity index is 872. The monoisotopic (exact) mass is 314 g/mol. The highest BCUT2D eigenvalue weighted by Gasteiger charge is 2.29. The molecular formula is C18H16B2N2O2. The smallest absolute Gasteiger partial charge is 0.405 e. The SMILES string of the molecule is c1cc(B2Nc3cccc4cccc(c34)N2)cc(B2OCCO2)c1. The zero-order valence-electron chi connectivity index (χ0n) is 13.2. The van der Waals surface area contributed by atoms with E-state index >= 15 is 0 Å². The maximum absolute atomic E-state index is 5.62. The van der Waals surface area contributed by atoms with Gasteiger partial charge in [-0.15, -0.1) is 0 Å². The van der Waals surface area contributed by atoms with E-state index in [0.29, 0.717) is 13.2 Å². The zero-order valence-corrected chi connectivity index (χ0v) is 13.2. The molecule has 3 aromatic carbocycles. The van der Waals surface area contributed by atoms with Crippen LogP contribution >= 0.6 is 0 Å². The molecule has 5 rings (SSSR count). The average Bonchev–Trinajstić information content (AvgIpc) is 3.17. The van der Waals surface area contributed by atoms with Gasteiger partial charge < -0.3 is 19.8 Å². The van der Waals surface area contributed by atoms with Gasteiger partial charge in [-0.05, 0) is 28.4 Å². The van der Waals surface area contributed by atoms with Gasteiger partial charge in [0.25, 0.3) is 0 Å². The van der Waals surface area contributed by atoms with Crippen LogP contribution in [0.2, 0.25) is 0 Å². The molecule has 2 N–H and O–H groups in total. The molecule has 0 aromatic heterocycles. The normalized spacial score (nSPS) is 16.2. The van der Waals surface area contributed by atoms with Crippen LogP contribution in [-0.4, -0.2) is 27.3 Å². The van der Waals surface area contributed by atoms with Crippen LogP contribution in [0, 0.1) is 0 Å². The first-order valence-corrected chi connectivity index (χ1v) is 8.26. The molecule has 0 bridgehead atoms. The lowest BCUT2D eigenvalue weighted by atomic mass is 9.64. The molecule has 6 heteroatoms. The van der Waals surface area contributed by atoms with E-state index in [-0.39, 0.29) is 14.1 Å². The molecule has 0 aliphatic carbocycles. The summed E-state index contributed by atoms with van der Waals surface area (Å²) in [5.74, 6) is 0. The van der Waals surface area contributed by atoms with Crippen molar-refractivity contribution < 1.29 is 9.31 Å². The van der Waals surface area contributed by atoms with Gasteiger partial charge in [-0.2, -0.15) is 0 Å². The number of benzene rings is 3. The Balaban J connectivity index is 1.52. The highest BCUT2D eigenvalue weighted by Crippen LogP contribution is 2.33. The minimum absolute atomic E-state index is 0.0202. The summed E-state index contributed by atoms with van der Waals surface area (Å²) in [7, 11) is -0.246. The van der Waals surface area contributed by atoms with Crippen molar-refractivity contribution in [3.63, 3.8) is 0 Å². The van der Waals surface area contributed by atoms with Gasteiger partial charge in [0.15, 0.2) is 0 Å². The molecule has 0 saturated carbocycles. The van der Waals surface area contributed by atoms with Crippen molar-refractivity contribution in [1.82, 2.24) is 0 Å². The van der Waals surface area contributed by atoms with Crippen molar-refractivity contribution in [2.75, 3.05) is 23.7 Å². The molecule has 2 heterocycles. The van der Waals surface area contributed by atoms with Crippen molar-refractivity contribution in [1.29, 1.82) is 0 Å². The summed E-state index contributed by atoms with van der Waals surface area (Å²) in [6.45, 7) is 1.33. The molecule has 1 saturated heterocycles. The highest BCUT2D eigenvalue weighted by molar-refractivity contribution is 6.80. The molecule has 0 amide bonds. The minimum Gasteiger partial charge on any atom is -0.405 e. The Morgan fingerprint density at radius 3 is 2.08 bits per heavy atom. The number of nitrogens with one attached hydrogen (secondary N) is 2. The molecule has 24 heavy (non-hydrogen) atoms. The fraction of sp³-hybridized carbons (Fsp3) is 0.111. The summed E-state index contributed by atoms with van der Waals surface area (Å²) in [5.41, 5.74) is 4.54. The maximum Gasteiger partial charge on any atom is 0.493 e. The molecule has 2 aliphatic heterocycles. The van der Waals surface area contributed by atoms with Gasteiger partial charge in [0.1, 0.15) is 0 Å². The van der Waals surface area contributed by atoms with E-state index in [4.69, 9.17) is 9.31 Å².